The highest BCUT2D eigenvalue weighted by Crippen LogP contribution is 2.50. The molecule has 2 nitrogen and oxygen atoms in total. The molecule has 1 unspecified atom stereocenters. The van der Waals surface area contributed by atoms with Gasteiger partial charge < -0.3 is 0 Å². The van der Waals surface area contributed by atoms with Gasteiger partial charge in [0.05, 0.1) is 5.25 Å². The summed E-state index contributed by atoms with van der Waals surface area (Å²) < 4.78 is 33.0. The molecule has 0 aromatic rings. The van der Waals surface area contributed by atoms with Crippen molar-refractivity contribution >= 4 is 10.2 Å². The molecule has 1 aliphatic carbocycles. The van der Waals surface area contributed by atoms with Crippen LogP contribution in [0.3, 0.4) is 0 Å². The van der Waals surface area contributed by atoms with Crippen LogP contribution < -0.4 is 0 Å². The van der Waals surface area contributed by atoms with E-state index in [1.807, 2.05) is 0 Å². The molecule has 60 valence electrons. The van der Waals surface area contributed by atoms with Crippen molar-refractivity contribution in [3.8, 4) is 0 Å². The van der Waals surface area contributed by atoms with E-state index in [0.29, 0.717) is 0 Å². The number of rotatable bonds is 2. The van der Waals surface area contributed by atoms with E-state index >= 15 is 0 Å². The summed E-state index contributed by atoms with van der Waals surface area (Å²) in [6, 6.07) is 0. The minimum Gasteiger partial charge on any atom is -0.195 e. The summed E-state index contributed by atoms with van der Waals surface area (Å²) in [5, 5.41) is -0.819. The molecule has 0 aromatic heterocycles. The van der Waals surface area contributed by atoms with E-state index in [1.54, 1.807) is 6.92 Å². The molecule has 1 rings (SSSR count). The Morgan fingerprint density at radius 2 is 1.90 bits per heavy atom. The third kappa shape index (κ3) is 1.31. The third-order valence-electron chi connectivity index (χ3n) is 2.44. The van der Waals surface area contributed by atoms with Gasteiger partial charge in [-0.3, -0.25) is 0 Å². The predicted molar refractivity (Wildman–Crippen MR) is 36.8 cm³/mol. The third-order valence-corrected chi connectivity index (χ3v) is 3.86. The molecule has 1 saturated carbocycles. The number of halogens is 1. The largest absolute Gasteiger partial charge is 0.305 e. The average Bonchev–Trinajstić information content (AvgIpc) is 2.45. The van der Waals surface area contributed by atoms with E-state index in [4.69, 9.17) is 0 Å². The molecule has 0 radical (unpaired) electrons. The fourth-order valence-corrected chi connectivity index (χ4v) is 1.86. The molecule has 0 N–H and O–H groups in total. The van der Waals surface area contributed by atoms with Gasteiger partial charge in [0.1, 0.15) is 0 Å². The Kier molecular flexibility index (Phi) is 1.54. The standard InChI is InChI=1S/C6H11FO2S/c1-5(10(7,8)9)6(2)3-4-6/h5H,3-4H2,1-2H3. The Morgan fingerprint density at radius 3 is 2.00 bits per heavy atom. The molecule has 4 heteroatoms. The summed E-state index contributed by atoms with van der Waals surface area (Å²) in [5.41, 5.74) is -0.270. The van der Waals surface area contributed by atoms with Crippen LogP contribution in [0.25, 0.3) is 0 Å². The van der Waals surface area contributed by atoms with Crippen molar-refractivity contribution < 1.29 is 12.3 Å². The van der Waals surface area contributed by atoms with Gasteiger partial charge >= 0.3 is 10.2 Å². The van der Waals surface area contributed by atoms with Gasteiger partial charge in [-0.15, -0.1) is 3.89 Å². The van der Waals surface area contributed by atoms with Gasteiger partial charge in [0.25, 0.3) is 0 Å². The Labute approximate surface area is 60.6 Å². The smallest absolute Gasteiger partial charge is 0.195 e. The first-order valence-corrected chi connectivity index (χ1v) is 4.74. The molecule has 0 heterocycles. The zero-order valence-corrected chi connectivity index (χ0v) is 6.91. The Morgan fingerprint density at radius 1 is 1.50 bits per heavy atom. The van der Waals surface area contributed by atoms with E-state index in [2.05, 4.69) is 0 Å². The molecule has 0 aromatic carbocycles. The lowest BCUT2D eigenvalue weighted by Crippen LogP contribution is -2.22. The number of hydrogen-bond donors (Lipinski definition) is 0. The summed E-state index contributed by atoms with van der Waals surface area (Å²) in [4.78, 5) is 0. The average molecular weight is 166 g/mol. The van der Waals surface area contributed by atoms with E-state index in [-0.39, 0.29) is 5.41 Å². The summed E-state index contributed by atoms with van der Waals surface area (Å²) in [6.45, 7) is 3.23. The predicted octanol–water partition coefficient (Wildman–Crippen LogP) is 1.47. The molecule has 0 bridgehead atoms. The lowest BCUT2D eigenvalue weighted by Gasteiger charge is -2.12. The highest BCUT2D eigenvalue weighted by Gasteiger charge is 2.48. The van der Waals surface area contributed by atoms with Crippen LogP contribution >= 0.6 is 0 Å². The van der Waals surface area contributed by atoms with Gasteiger partial charge in [0.15, 0.2) is 0 Å². The van der Waals surface area contributed by atoms with Crippen LogP contribution in [0.1, 0.15) is 26.7 Å². The maximum absolute atomic E-state index is 12.3. The van der Waals surface area contributed by atoms with Crippen molar-refractivity contribution in [1.29, 1.82) is 0 Å². The van der Waals surface area contributed by atoms with Gasteiger partial charge in [-0.1, -0.05) is 6.92 Å². The van der Waals surface area contributed by atoms with Gasteiger partial charge in [0.2, 0.25) is 0 Å². The molecule has 1 aliphatic rings. The molecule has 0 amide bonds. The van der Waals surface area contributed by atoms with Gasteiger partial charge in [0, 0.05) is 0 Å². The van der Waals surface area contributed by atoms with Crippen LogP contribution in [0.4, 0.5) is 3.89 Å². The summed E-state index contributed by atoms with van der Waals surface area (Å²) in [7, 11) is -4.30. The van der Waals surface area contributed by atoms with Crippen molar-refractivity contribution in [1.82, 2.24) is 0 Å². The van der Waals surface area contributed by atoms with E-state index in [1.165, 1.54) is 6.92 Å². The second-order valence-corrected chi connectivity index (χ2v) is 4.93. The first kappa shape index (κ1) is 7.98. The minimum atomic E-state index is -4.30. The molecule has 1 fully saturated rings. The fourth-order valence-electron chi connectivity index (χ4n) is 0.944. The summed E-state index contributed by atoms with van der Waals surface area (Å²) in [6.07, 6.45) is 1.66. The normalized spacial score (nSPS) is 25.9. The van der Waals surface area contributed by atoms with E-state index < -0.39 is 15.5 Å². The van der Waals surface area contributed by atoms with Gasteiger partial charge in [-0.05, 0) is 25.2 Å². The summed E-state index contributed by atoms with van der Waals surface area (Å²) in [5.74, 6) is 0. The zero-order valence-electron chi connectivity index (χ0n) is 6.09. The van der Waals surface area contributed by atoms with Crippen LogP contribution in [0.15, 0.2) is 0 Å². The Hall–Kier alpha value is -0.120. The minimum absolute atomic E-state index is 0.270. The van der Waals surface area contributed by atoms with Crippen LogP contribution in [0.2, 0.25) is 0 Å². The van der Waals surface area contributed by atoms with E-state index in [0.717, 1.165) is 12.8 Å². The number of hydrogen-bond acceptors (Lipinski definition) is 2. The molecule has 0 saturated heterocycles. The van der Waals surface area contributed by atoms with Crippen molar-refractivity contribution in [2.24, 2.45) is 5.41 Å². The first-order valence-electron chi connectivity index (χ1n) is 3.30. The lowest BCUT2D eigenvalue weighted by atomic mass is 10.1. The van der Waals surface area contributed by atoms with E-state index in [9.17, 15) is 12.3 Å². The van der Waals surface area contributed by atoms with Gasteiger partial charge in [-0.25, -0.2) is 0 Å². The molecule has 0 spiro atoms. The van der Waals surface area contributed by atoms with Crippen molar-refractivity contribution in [3.05, 3.63) is 0 Å². The lowest BCUT2D eigenvalue weighted by molar-refractivity contribution is 0.480. The first-order chi connectivity index (χ1) is 4.36. The van der Waals surface area contributed by atoms with Crippen LogP contribution in [-0.2, 0) is 10.2 Å². The quantitative estimate of drug-likeness (QED) is 0.582. The maximum atomic E-state index is 12.3. The fraction of sp³-hybridized carbons (Fsp3) is 1.00. The van der Waals surface area contributed by atoms with Crippen molar-refractivity contribution in [3.63, 3.8) is 0 Å². The molecule has 10 heavy (non-hydrogen) atoms. The van der Waals surface area contributed by atoms with Crippen molar-refractivity contribution in [2.45, 2.75) is 31.9 Å². The molecule has 0 aliphatic heterocycles. The highest BCUT2D eigenvalue weighted by atomic mass is 32.3. The second-order valence-electron chi connectivity index (χ2n) is 3.27. The molecule has 1 atom stereocenters. The Balaban J connectivity index is 2.76. The van der Waals surface area contributed by atoms with Gasteiger partial charge in [-0.2, -0.15) is 8.42 Å². The SMILES string of the molecule is CC(C1(C)CC1)S(=O)(=O)F. The Bertz CT molecular complexity index is 228. The summed E-state index contributed by atoms with van der Waals surface area (Å²) >= 11 is 0. The van der Waals surface area contributed by atoms with Crippen LogP contribution in [0, 0.1) is 5.41 Å². The molecular formula is C6H11FO2S. The molecular weight excluding hydrogens is 155 g/mol. The maximum Gasteiger partial charge on any atom is 0.305 e. The highest BCUT2D eigenvalue weighted by molar-refractivity contribution is 7.87. The van der Waals surface area contributed by atoms with Crippen molar-refractivity contribution in [2.75, 3.05) is 0 Å². The van der Waals surface area contributed by atoms with Crippen LogP contribution in [-0.4, -0.2) is 13.7 Å². The zero-order chi connectivity index (χ0) is 7.99. The topological polar surface area (TPSA) is 34.1 Å². The van der Waals surface area contributed by atoms with Crippen LogP contribution in [0.5, 0.6) is 0 Å². The second kappa shape index (κ2) is 1.94. The monoisotopic (exact) mass is 166 g/mol.